The fourth-order valence-corrected chi connectivity index (χ4v) is 3.79. The van der Waals surface area contributed by atoms with E-state index in [4.69, 9.17) is 4.74 Å². The van der Waals surface area contributed by atoms with Crippen molar-refractivity contribution in [3.63, 3.8) is 0 Å². The van der Waals surface area contributed by atoms with Crippen molar-refractivity contribution in [1.29, 1.82) is 0 Å². The zero-order valence-electron chi connectivity index (χ0n) is 14.5. The van der Waals surface area contributed by atoms with Crippen molar-refractivity contribution in [2.24, 2.45) is 4.99 Å². The van der Waals surface area contributed by atoms with Gasteiger partial charge < -0.3 is 10.1 Å². The fourth-order valence-electron chi connectivity index (χ4n) is 2.54. The van der Waals surface area contributed by atoms with Gasteiger partial charge in [-0.2, -0.15) is 0 Å². The van der Waals surface area contributed by atoms with Crippen molar-refractivity contribution in [3.05, 3.63) is 59.9 Å². The summed E-state index contributed by atoms with van der Waals surface area (Å²) in [7, 11) is -3.63. The number of rotatable bonds is 6. The molecular formula is C18H18FN3O4S. The van der Waals surface area contributed by atoms with E-state index >= 15 is 0 Å². The van der Waals surface area contributed by atoms with Crippen molar-refractivity contribution >= 4 is 21.8 Å². The van der Waals surface area contributed by atoms with Crippen LogP contribution in [0, 0.1) is 5.82 Å². The van der Waals surface area contributed by atoms with Crippen LogP contribution in [0.15, 0.2) is 58.4 Å². The Morgan fingerprint density at radius 2 is 2.04 bits per heavy atom. The number of sulfonamides is 1. The van der Waals surface area contributed by atoms with Crippen molar-refractivity contribution in [2.75, 3.05) is 13.2 Å². The maximum Gasteiger partial charge on any atom is 0.263 e. The predicted octanol–water partition coefficient (Wildman–Crippen LogP) is 1.45. The van der Waals surface area contributed by atoms with E-state index in [1.165, 1.54) is 24.3 Å². The van der Waals surface area contributed by atoms with E-state index < -0.39 is 15.8 Å². The molecule has 0 aromatic heterocycles. The van der Waals surface area contributed by atoms with Gasteiger partial charge in [0.15, 0.2) is 0 Å². The number of amides is 1. The van der Waals surface area contributed by atoms with Gasteiger partial charge in [0.05, 0.1) is 10.9 Å². The molecule has 1 aliphatic heterocycles. The molecule has 0 saturated carbocycles. The molecule has 0 aliphatic carbocycles. The Morgan fingerprint density at radius 3 is 2.81 bits per heavy atom. The van der Waals surface area contributed by atoms with Crippen LogP contribution in [0.4, 0.5) is 4.39 Å². The Balaban J connectivity index is 1.55. The molecular weight excluding hydrogens is 373 g/mol. The summed E-state index contributed by atoms with van der Waals surface area (Å²) in [6.45, 7) is 1.65. The van der Waals surface area contributed by atoms with Crippen LogP contribution < -0.4 is 14.8 Å². The topological polar surface area (TPSA) is 96.9 Å². The lowest BCUT2D eigenvalue weighted by Gasteiger charge is -2.14. The van der Waals surface area contributed by atoms with Crippen LogP contribution in [0.3, 0.4) is 0 Å². The first kappa shape index (κ1) is 18.8. The number of halogens is 1. The summed E-state index contributed by atoms with van der Waals surface area (Å²) >= 11 is 0. The molecule has 3 rings (SSSR count). The highest BCUT2D eigenvalue weighted by atomic mass is 32.2. The number of hydrogen-bond donors (Lipinski definition) is 2. The first-order valence-electron chi connectivity index (χ1n) is 8.19. The molecule has 0 spiro atoms. The molecule has 0 saturated heterocycles. The Labute approximate surface area is 156 Å². The highest BCUT2D eigenvalue weighted by molar-refractivity contribution is 7.90. The third-order valence-electron chi connectivity index (χ3n) is 3.75. The molecule has 2 aromatic rings. The molecule has 27 heavy (non-hydrogen) atoms. The molecule has 7 nitrogen and oxygen atoms in total. The molecule has 1 heterocycles. The molecule has 0 unspecified atom stereocenters. The van der Waals surface area contributed by atoms with Crippen molar-refractivity contribution in [2.45, 2.75) is 17.9 Å². The van der Waals surface area contributed by atoms with E-state index in [0.717, 1.165) is 0 Å². The minimum Gasteiger partial charge on any atom is -0.491 e. The quantitative estimate of drug-likeness (QED) is 0.779. The van der Waals surface area contributed by atoms with Gasteiger partial charge in [0.2, 0.25) is 5.91 Å². The third kappa shape index (κ3) is 4.62. The maximum atomic E-state index is 13.1. The molecule has 2 aromatic carbocycles. The second-order valence-corrected chi connectivity index (χ2v) is 7.65. The molecule has 0 bridgehead atoms. The van der Waals surface area contributed by atoms with Crippen molar-refractivity contribution in [1.82, 2.24) is 10.0 Å². The lowest BCUT2D eigenvalue weighted by Crippen LogP contribution is -2.38. The average molecular weight is 391 g/mol. The number of carbonyl (C=O) groups is 1. The van der Waals surface area contributed by atoms with Gasteiger partial charge in [0, 0.05) is 11.6 Å². The summed E-state index contributed by atoms with van der Waals surface area (Å²) in [5.74, 6) is -0.279. The van der Waals surface area contributed by atoms with Gasteiger partial charge in [0.25, 0.3) is 10.0 Å². The Hall–Kier alpha value is -2.94. The number of ether oxygens (including phenoxy) is 1. The number of amidine groups is 1. The summed E-state index contributed by atoms with van der Waals surface area (Å²) in [6, 6.07) is 11.8. The van der Waals surface area contributed by atoms with Crippen LogP contribution in [0.25, 0.3) is 0 Å². The summed E-state index contributed by atoms with van der Waals surface area (Å²) < 4.78 is 44.8. The van der Waals surface area contributed by atoms with Crippen LogP contribution in [0.2, 0.25) is 0 Å². The van der Waals surface area contributed by atoms with E-state index in [9.17, 15) is 17.6 Å². The van der Waals surface area contributed by atoms with Crippen LogP contribution in [0.5, 0.6) is 5.75 Å². The SMILES string of the molecule is C[C@H](COc1cccc(F)c1)NC(=O)CN=C1NS(=O)(=O)c2ccccc21. The minimum atomic E-state index is -3.63. The smallest absolute Gasteiger partial charge is 0.263 e. The zero-order valence-corrected chi connectivity index (χ0v) is 15.3. The number of aliphatic imine (C=N–C) groups is 1. The molecule has 1 amide bonds. The number of hydrogen-bond acceptors (Lipinski definition) is 5. The first-order chi connectivity index (χ1) is 12.8. The standard InChI is InChI=1S/C18H18FN3O4S/c1-12(11-26-14-6-4-5-13(19)9-14)21-17(23)10-20-18-15-7-2-3-8-16(15)27(24,25)22-18/h2-9,12H,10-11H2,1H3,(H,20,22)(H,21,23)/t12-/m1/s1. The lowest BCUT2D eigenvalue weighted by atomic mass is 10.2. The maximum absolute atomic E-state index is 13.1. The van der Waals surface area contributed by atoms with Gasteiger partial charge in [-0.1, -0.05) is 18.2 Å². The Morgan fingerprint density at radius 1 is 1.26 bits per heavy atom. The molecule has 142 valence electrons. The van der Waals surface area contributed by atoms with Crippen LogP contribution >= 0.6 is 0 Å². The monoisotopic (exact) mass is 391 g/mol. The average Bonchev–Trinajstić information content (AvgIpc) is 2.89. The molecule has 0 radical (unpaired) electrons. The third-order valence-corrected chi connectivity index (χ3v) is 5.14. The Kier molecular flexibility index (Phi) is 5.41. The lowest BCUT2D eigenvalue weighted by molar-refractivity contribution is -0.120. The van der Waals surface area contributed by atoms with E-state index in [2.05, 4.69) is 15.0 Å². The number of benzene rings is 2. The highest BCUT2D eigenvalue weighted by Crippen LogP contribution is 2.22. The zero-order chi connectivity index (χ0) is 19.4. The number of nitrogens with one attached hydrogen (secondary N) is 2. The number of nitrogens with zero attached hydrogens (tertiary/aromatic N) is 1. The summed E-state index contributed by atoms with van der Waals surface area (Å²) in [5, 5.41) is 2.69. The molecule has 1 atom stereocenters. The predicted molar refractivity (Wildman–Crippen MR) is 97.7 cm³/mol. The van der Waals surface area contributed by atoms with Gasteiger partial charge >= 0.3 is 0 Å². The van der Waals surface area contributed by atoms with E-state index in [1.807, 2.05) is 0 Å². The largest absolute Gasteiger partial charge is 0.491 e. The minimum absolute atomic E-state index is 0.140. The van der Waals surface area contributed by atoms with Gasteiger partial charge in [-0.15, -0.1) is 0 Å². The van der Waals surface area contributed by atoms with Gasteiger partial charge in [0.1, 0.15) is 30.6 Å². The second-order valence-electron chi connectivity index (χ2n) is 6.00. The van der Waals surface area contributed by atoms with E-state index in [1.54, 1.807) is 31.2 Å². The highest BCUT2D eigenvalue weighted by Gasteiger charge is 2.30. The first-order valence-corrected chi connectivity index (χ1v) is 9.68. The Bertz CT molecular complexity index is 992. The van der Waals surface area contributed by atoms with Gasteiger partial charge in [-0.3, -0.25) is 14.5 Å². The molecule has 2 N–H and O–H groups in total. The number of fused-ring (bicyclic) bond motifs is 1. The summed E-state index contributed by atoms with van der Waals surface area (Å²) in [5.41, 5.74) is 0.438. The second kappa shape index (κ2) is 7.75. The normalized spacial score (nSPS) is 17.0. The van der Waals surface area contributed by atoms with E-state index in [-0.39, 0.29) is 35.8 Å². The van der Waals surface area contributed by atoms with Crippen LogP contribution in [0.1, 0.15) is 12.5 Å². The van der Waals surface area contributed by atoms with Gasteiger partial charge in [-0.25, -0.2) is 12.8 Å². The molecule has 9 heteroatoms. The van der Waals surface area contributed by atoms with Crippen molar-refractivity contribution < 1.29 is 22.3 Å². The summed E-state index contributed by atoms with van der Waals surface area (Å²) in [4.78, 5) is 16.2. The van der Waals surface area contributed by atoms with E-state index in [0.29, 0.717) is 11.3 Å². The fraction of sp³-hybridized carbons (Fsp3) is 0.222. The van der Waals surface area contributed by atoms with Gasteiger partial charge in [-0.05, 0) is 31.2 Å². The summed E-state index contributed by atoms with van der Waals surface area (Å²) in [6.07, 6.45) is 0. The molecule has 0 fully saturated rings. The van der Waals surface area contributed by atoms with Crippen LogP contribution in [-0.2, 0) is 14.8 Å². The van der Waals surface area contributed by atoms with Crippen LogP contribution in [-0.4, -0.2) is 39.4 Å². The molecule has 1 aliphatic rings. The number of carbonyl (C=O) groups excluding carboxylic acids is 1. The van der Waals surface area contributed by atoms with Crippen molar-refractivity contribution in [3.8, 4) is 5.75 Å².